The molecule has 0 radical (unpaired) electrons. The third kappa shape index (κ3) is 6.68. The number of ketones is 1. The van der Waals surface area contributed by atoms with E-state index in [9.17, 15) is 24.0 Å². The van der Waals surface area contributed by atoms with Gasteiger partial charge in [0.25, 0.3) is 5.56 Å². The van der Waals surface area contributed by atoms with Crippen LogP contribution in [0.1, 0.15) is 60.9 Å². The lowest BCUT2D eigenvalue weighted by Gasteiger charge is -2.20. The highest BCUT2D eigenvalue weighted by molar-refractivity contribution is 6.01. The quantitative estimate of drug-likeness (QED) is 0.398. The normalized spacial score (nSPS) is 13.9. The second-order valence-corrected chi connectivity index (χ2v) is 8.71. The minimum atomic E-state index is -1.04. The minimum Gasteiger partial charge on any atom is -0.468 e. The summed E-state index contributed by atoms with van der Waals surface area (Å²) in [5, 5.41) is 0. The molecule has 1 aromatic heterocycles. The molecular formula is C25H31N3O7. The summed E-state index contributed by atoms with van der Waals surface area (Å²) in [7, 11) is 1.12. The topological polar surface area (TPSA) is 140 Å². The Morgan fingerprint density at radius 1 is 1.00 bits per heavy atom. The molecule has 0 bridgehead atoms. The number of ether oxygens (including phenoxy) is 2. The molecule has 2 aromatic rings. The van der Waals surface area contributed by atoms with Gasteiger partial charge in [0.05, 0.1) is 13.7 Å². The summed E-state index contributed by atoms with van der Waals surface area (Å²) in [5.74, 6) is -2.09. The molecule has 1 aliphatic rings. The Balaban J connectivity index is 1.82. The Morgan fingerprint density at radius 2 is 1.69 bits per heavy atom. The van der Waals surface area contributed by atoms with Crippen LogP contribution >= 0.6 is 0 Å². The molecule has 0 saturated heterocycles. The van der Waals surface area contributed by atoms with Crippen LogP contribution in [0.25, 0.3) is 0 Å². The van der Waals surface area contributed by atoms with E-state index in [1.54, 1.807) is 30.3 Å². The van der Waals surface area contributed by atoms with Gasteiger partial charge in [-0.2, -0.15) is 0 Å². The fraction of sp³-hybridized carbons (Fsp3) is 0.480. The molecule has 1 aliphatic carbocycles. The van der Waals surface area contributed by atoms with E-state index in [0.717, 1.165) is 37.4 Å². The van der Waals surface area contributed by atoms with E-state index in [4.69, 9.17) is 10.5 Å². The molecule has 0 aliphatic heterocycles. The fourth-order valence-electron chi connectivity index (χ4n) is 4.32. The zero-order chi connectivity index (χ0) is 25.4. The first-order chi connectivity index (χ1) is 16.8. The number of Topliss-reactive ketones (excluding diaryl/α,β-unsaturated/α-hetero) is 1. The number of carbonyl (C=O) groups is 3. The summed E-state index contributed by atoms with van der Waals surface area (Å²) >= 11 is 0. The van der Waals surface area contributed by atoms with Crippen molar-refractivity contribution in [3.8, 4) is 0 Å². The van der Waals surface area contributed by atoms with Crippen molar-refractivity contribution < 1.29 is 23.9 Å². The van der Waals surface area contributed by atoms with Crippen molar-refractivity contribution in [3.63, 3.8) is 0 Å². The van der Waals surface area contributed by atoms with E-state index in [1.807, 2.05) is 0 Å². The molecular weight excluding hydrogens is 454 g/mol. The third-order valence-corrected chi connectivity index (χ3v) is 6.29. The lowest BCUT2D eigenvalue weighted by atomic mass is 9.86. The highest BCUT2D eigenvalue weighted by atomic mass is 16.5. The van der Waals surface area contributed by atoms with Gasteiger partial charge in [-0.1, -0.05) is 62.4 Å². The molecule has 1 aromatic carbocycles. The SMILES string of the molecule is COC(=O)Cn1c(=O)c(C(=O)COC(=O)CCC2CCCCC2)c(N)n(Cc2ccccc2)c1=O. The van der Waals surface area contributed by atoms with Gasteiger partial charge in [0, 0.05) is 6.42 Å². The van der Waals surface area contributed by atoms with Crippen LogP contribution in [-0.2, 0) is 32.2 Å². The average Bonchev–Trinajstić information content (AvgIpc) is 2.87. The number of aromatic nitrogens is 2. The summed E-state index contributed by atoms with van der Waals surface area (Å²) in [6, 6.07) is 8.82. The monoisotopic (exact) mass is 485 g/mol. The van der Waals surface area contributed by atoms with Crippen molar-refractivity contribution in [2.75, 3.05) is 19.5 Å². The van der Waals surface area contributed by atoms with Gasteiger partial charge < -0.3 is 15.2 Å². The van der Waals surface area contributed by atoms with Crippen molar-refractivity contribution in [1.29, 1.82) is 0 Å². The predicted octanol–water partition coefficient (Wildman–Crippen LogP) is 1.90. The van der Waals surface area contributed by atoms with Crippen molar-refractivity contribution in [3.05, 3.63) is 62.3 Å². The largest absolute Gasteiger partial charge is 0.468 e. The van der Waals surface area contributed by atoms with Crippen LogP contribution in [0.2, 0.25) is 0 Å². The summed E-state index contributed by atoms with van der Waals surface area (Å²) in [5.41, 5.74) is 4.39. The second-order valence-electron chi connectivity index (χ2n) is 8.71. The number of benzene rings is 1. The van der Waals surface area contributed by atoms with E-state index in [1.165, 1.54) is 6.42 Å². The van der Waals surface area contributed by atoms with Crippen LogP contribution in [0.3, 0.4) is 0 Å². The lowest BCUT2D eigenvalue weighted by Crippen LogP contribution is -2.46. The fourth-order valence-corrected chi connectivity index (χ4v) is 4.32. The molecule has 10 heteroatoms. The van der Waals surface area contributed by atoms with Gasteiger partial charge in [-0.3, -0.25) is 23.7 Å². The van der Waals surface area contributed by atoms with Gasteiger partial charge in [0.1, 0.15) is 17.9 Å². The number of anilines is 1. The number of rotatable bonds is 10. The number of nitrogens with two attached hydrogens (primary N) is 1. The molecule has 2 N–H and O–H groups in total. The summed E-state index contributed by atoms with van der Waals surface area (Å²) in [6.45, 7) is -1.41. The Hall–Kier alpha value is -3.69. The molecule has 10 nitrogen and oxygen atoms in total. The highest BCUT2D eigenvalue weighted by Crippen LogP contribution is 2.27. The number of nitrogen functional groups attached to an aromatic ring is 1. The minimum absolute atomic E-state index is 0.0333. The Labute approximate surface area is 202 Å². The summed E-state index contributed by atoms with van der Waals surface area (Å²) in [6.07, 6.45) is 6.60. The van der Waals surface area contributed by atoms with Gasteiger partial charge in [-0.15, -0.1) is 0 Å². The molecule has 1 saturated carbocycles. The average molecular weight is 486 g/mol. The molecule has 1 heterocycles. The van der Waals surface area contributed by atoms with Crippen LogP contribution in [-0.4, -0.2) is 40.6 Å². The van der Waals surface area contributed by atoms with Crippen LogP contribution in [0.4, 0.5) is 5.82 Å². The third-order valence-electron chi connectivity index (χ3n) is 6.29. The van der Waals surface area contributed by atoms with E-state index in [0.29, 0.717) is 22.5 Å². The maximum atomic E-state index is 13.0. The van der Waals surface area contributed by atoms with Gasteiger partial charge in [-0.05, 0) is 17.9 Å². The Bertz CT molecular complexity index is 1180. The van der Waals surface area contributed by atoms with Gasteiger partial charge in [-0.25, -0.2) is 9.36 Å². The van der Waals surface area contributed by atoms with Crippen LogP contribution in [0.15, 0.2) is 39.9 Å². The summed E-state index contributed by atoms with van der Waals surface area (Å²) in [4.78, 5) is 62.9. The maximum Gasteiger partial charge on any atom is 0.333 e. The second kappa shape index (κ2) is 12.1. The first-order valence-corrected chi connectivity index (χ1v) is 11.7. The van der Waals surface area contributed by atoms with E-state index in [2.05, 4.69) is 4.74 Å². The van der Waals surface area contributed by atoms with Crippen molar-refractivity contribution in [2.45, 2.75) is 58.0 Å². The highest BCUT2D eigenvalue weighted by Gasteiger charge is 2.25. The first kappa shape index (κ1) is 25.9. The molecule has 3 rings (SSSR count). The van der Waals surface area contributed by atoms with Crippen molar-refractivity contribution >= 4 is 23.5 Å². The Kier molecular flexibility index (Phi) is 8.99. The molecule has 35 heavy (non-hydrogen) atoms. The number of carbonyl (C=O) groups excluding carboxylic acids is 3. The summed E-state index contributed by atoms with van der Waals surface area (Å²) < 4.78 is 11.3. The van der Waals surface area contributed by atoms with Gasteiger partial charge in [0.2, 0.25) is 5.78 Å². The number of hydrogen-bond donors (Lipinski definition) is 1. The zero-order valence-corrected chi connectivity index (χ0v) is 19.9. The number of methoxy groups -OCH3 is 1. The molecule has 0 atom stereocenters. The molecule has 0 unspecified atom stereocenters. The molecule has 0 spiro atoms. The maximum absolute atomic E-state index is 13.0. The number of nitrogens with zero attached hydrogens (tertiary/aromatic N) is 2. The van der Waals surface area contributed by atoms with Crippen molar-refractivity contribution in [1.82, 2.24) is 9.13 Å². The zero-order valence-electron chi connectivity index (χ0n) is 19.9. The Morgan fingerprint density at radius 3 is 2.34 bits per heavy atom. The van der Waals surface area contributed by atoms with Gasteiger partial charge in [0.15, 0.2) is 6.61 Å². The van der Waals surface area contributed by atoms with E-state index < -0.39 is 47.7 Å². The first-order valence-electron chi connectivity index (χ1n) is 11.7. The smallest absolute Gasteiger partial charge is 0.333 e. The van der Waals surface area contributed by atoms with Gasteiger partial charge >= 0.3 is 17.6 Å². The number of esters is 2. The lowest BCUT2D eigenvalue weighted by molar-refractivity contribution is -0.143. The predicted molar refractivity (Wildman–Crippen MR) is 128 cm³/mol. The van der Waals surface area contributed by atoms with Crippen LogP contribution in [0.5, 0.6) is 0 Å². The molecule has 0 amide bonds. The van der Waals surface area contributed by atoms with Crippen molar-refractivity contribution in [2.24, 2.45) is 5.92 Å². The van der Waals surface area contributed by atoms with E-state index in [-0.39, 0.29) is 18.8 Å². The van der Waals surface area contributed by atoms with Crippen LogP contribution < -0.4 is 17.0 Å². The van der Waals surface area contributed by atoms with E-state index >= 15 is 0 Å². The number of hydrogen-bond acceptors (Lipinski definition) is 8. The molecule has 1 fully saturated rings. The van der Waals surface area contributed by atoms with Crippen LogP contribution in [0, 0.1) is 5.92 Å². The standard InChI is InChI=1S/C25H31N3O7/c1-34-21(31)15-28-24(32)22(23(26)27(25(28)33)14-18-10-6-3-7-11-18)19(29)16-35-20(30)13-12-17-8-4-2-5-9-17/h3,6-7,10-11,17H,2,4-5,8-9,12-16,26H2,1H3. The molecule has 188 valence electrons.